The molecule has 0 aliphatic carbocycles. The average molecular weight is 404 g/mol. The molecule has 0 bridgehead atoms. The van der Waals surface area contributed by atoms with Gasteiger partial charge in [0.2, 0.25) is 0 Å². The number of fused-ring (bicyclic) bond motifs is 1. The van der Waals surface area contributed by atoms with Gasteiger partial charge in [-0.05, 0) is 49.2 Å². The lowest BCUT2D eigenvalue weighted by molar-refractivity contribution is -0.150. The Hall–Kier alpha value is -2.57. The maximum absolute atomic E-state index is 12.7. The molecule has 1 N–H and O–H groups in total. The van der Waals surface area contributed by atoms with Crippen LogP contribution in [0.4, 0.5) is 5.69 Å². The molecule has 148 valence electrons. The Kier molecular flexibility index (Phi) is 6.21. The first-order chi connectivity index (χ1) is 13.4. The lowest BCUT2D eigenvalue weighted by atomic mass is 9.95. The molecule has 1 aliphatic heterocycles. The minimum absolute atomic E-state index is 0.180. The molecule has 1 aliphatic rings. The lowest BCUT2D eigenvalue weighted by Gasteiger charge is -2.23. The summed E-state index contributed by atoms with van der Waals surface area (Å²) in [6.07, 6.45) is -1.79. The van der Waals surface area contributed by atoms with Crippen molar-refractivity contribution in [3.8, 4) is 5.75 Å². The van der Waals surface area contributed by atoms with E-state index in [2.05, 4.69) is 5.32 Å². The molecule has 2 unspecified atom stereocenters. The van der Waals surface area contributed by atoms with Crippen molar-refractivity contribution in [2.45, 2.75) is 32.5 Å². The van der Waals surface area contributed by atoms with Crippen LogP contribution in [0.15, 0.2) is 36.4 Å². The lowest BCUT2D eigenvalue weighted by Crippen LogP contribution is -2.32. The number of carbonyl (C=O) groups excluding carboxylic acids is 2. The van der Waals surface area contributed by atoms with Crippen LogP contribution >= 0.6 is 11.6 Å². The number of carbonyl (C=O) groups is 2. The van der Waals surface area contributed by atoms with E-state index in [1.165, 1.54) is 0 Å². The van der Waals surface area contributed by atoms with E-state index in [4.69, 9.17) is 25.8 Å². The molecule has 28 heavy (non-hydrogen) atoms. The first-order valence-electron chi connectivity index (χ1n) is 8.99. The summed E-state index contributed by atoms with van der Waals surface area (Å²) < 4.78 is 16.6. The standard InChI is InChI=1S/C21H22ClNO5/c1-4-27-19(24)11-18-21(25)23-16-9-8-13(22)10-15(16)20(28-18)14-6-5-7-17(26-3)12(14)2/h5-10,18,20H,4,11H2,1-3H3,(H,23,25). The second kappa shape index (κ2) is 8.63. The van der Waals surface area contributed by atoms with E-state index < -0.39 is 24.1 Å². The molecule has 0 fully saturated rings. The summed E-state index contributed by atoms with van der Waals surface area (Å²) in [6, 6.07) is 10.8. The third-order valence-corrected chi connectivity index (χ3v) is 4.87. The number of amides is 1. The van der Waals surface area contributed by atoms with Crippen molar-refractivity contribution in [1.29, 1.82) is 0 Å². The van der Waals surface area contributed by atoms with E-state index in [0.29, 0.717) is 22.0 Å². The summed E-state index contributed by atoms with van der Waals surface area (Å²) >= 11 is 6.21. The highest BCUT2D eigenvalue weighted by Gasteiger charge is 2.34. The number of hydrogen-bond donors (Lipinski definition) is 1. The van der Waals surface area contributed by atoms with Crippen LogP contribution in [-0.2, 0) is 19.1 Å². The second-order valence-corrected chi connectivity index (χ2v) is 6.85. The summed E-state index contributed by atoms with van der Waals surface area (Å²) in [6.45, 7) is 3.87. The summed E-state index contributed by atoms with van der Waals surface area (Å²) in [5, 5.41) is 3.35. The van der Waals surface area contributed by atoms with Gasteiger partial charge >= 0.3 is 5.97 Å². The van der Waals surface area contributed by atoms with E-state index in [0.717, 1.165) is 11.1 Å². The summed E-state index contributed by atoms with van der Waals surface area (Å²) in [5.74, 6) is -0.192. The maximum Gasteiger partial charge on any atom is 0.308 e. The molecular formula is C21H22ClNO5. The van der Waals surface area contributed by atoms with E-state index >= 15 is 0 Å². The normalized spacial score (nSPS) is 18.6. The summed E-state index contributed by atoms with van der Waals surface area (Å²) in [4.78, 5) is 24.7. The van der Waals surface area contributed by atoms with E-state index in [9.17, 15) is 9.59 Å². The molecule has 2 aromatic carbocycles. The molecule has 0 saturated heterocycles. The van der Waals surface area contributed by atoms with E-state index in [1.807, 2.05) is 25.1 Å². The van der Waals surface area contributed by atoms with Gasteiger partial charge in [0, 0.05) is 16.3 Å². The predicted octanol–water partition coefficient (Wildman–Crippen LogP) is 4.04. The Labute approximate surface area is 168 Å². The zero-order valence-electron chi connectivity index (χ0n) is 16.0. The Morgan fingerprint density at radius 1 is 1.25 bits per heavy atom. The SMILES string of the molecule is CCOC(=O)CC1OC(c2cccc(OC)c2C)c2cc(Cl)ccc2NC1=O. The van der Waals surface area contributed by atoms with Gasteiger partial charge in [-0.3, -0.25) is 9.59 Å². The van der Waals surface area contributed by atoms with Crippen LogP contribution in [0, 0.1) is 6.92 Å². The van der Waals surface area contributed by atoms with Crippen molar-refractivity contribution in [2.75, 3.05) is 19.0 Å². The topological polar surface area (TPSA) is 73.9 Å². The van der Waals surface area contributed by atoms with Gasteiger partial charge in [0.25, 0.3) is 5.91 Å². The highest BCUT2D eigenvalue weighted by molar-refractivity contribution is 6.30. The third-order valence-electron chi connectivity index (χ3n) is 4.63. The largest absolute Gasteiger partial charge is 0.496 e. The van der Waals surface area contributed by atoms with Gasteiger partial charge < -0.3 is 19.5 Å². The highest BCUT2D eigenvalue weighted by Crippen LogP contribution is 2.40. The molecule has 6 nitrogen and oxygen atoms in total. The summed E-state index contributed by atoms with van der Waals surface area (Å²) in [5.41, 5.74) is 3.01. The van der Waals surface area contributed by atoms with Crippen LogP contribution in [0.3, 0.4) is 0 Å². The molecule has 0 aromatic heterocycles. The number of nitrogens with one attached hydrogen (secondary N) is 1. The molecule has 7 heteroatoms. The first kappa shape index (κ1) is 20.2. The second-order valence-electron chi connectivity index (χ2n) is 6.41. The zero-order valence-corrected chi connectivity index (χ0v) is 16.7. The molecule has 2 aromatic rings. The Bertz CT molecular complexity index is 898. The predicted molar refractivity (Wildman–Crippen MR) is 106 cm³/mol. The zero-order chi connectivity index (χ0) is 20.3. The van der Waals surface area contributed by atoms with Crippen molar-refractivity contribution >= 4 is 29.2 Å². The smallest absolute Gasteiger partial charge is 0.308 e. The van der Waals surface area contributed by atoms with Gasteiger partial charge in [0.15, 0.2) is 0 Å². The van der Waals surface area contributed by atoms with Crippen LogP contribution in [0.1, 0.15) is 36.1 Å². The van der Waals surface area contributed by atoms with Crippen molar-refractivity contribution in [1.82, 2.24) is 0 Å². The van der Waals surface area contributed by atoms with Gasteiger partial charge in [-0.1, -0.05) is 23.7 Å². The molecule has 0 spiro atoms. The molecule has 0 radical (unpaired) electrons. The molecule has 3 rings (SSSR count). The molecule has 1 amide bonds. The van der Waals surface area contributed by atoms with Gasteiger partial charge in [0.05, 0.1) is 20.1 Å². The van der Waals surface area contributed by atoms with Gasteiger partial charge in [-0.15, -0.1) is 0 Å². The number of halogens is 1. The van der Waals surface area contributed by atoms with Crippen LogP contribution < -0.4 is 10.1 Å². The third kappa shape index (κ3) is 4.13. The minimum atomic E-state index is -0.999. The quantitative estimate of drug-likeness (QED) is 0.763. The van der Waals surface area contributed by atoms with Crippen LogP contribution in [-0.4, -0.2) is 31.7 Å². The van der Waals surface area contributed by atoms with Crippen LogP contribution in [0.2, 0.25) is 5.02 Å². The fourth-order valence-electron chi connectivity index (χ4n) is 3.27. The Morgan fingerprint density at radius 3 is 2.75 bits per heavy atom. The Morgan fingerprint density at radius 2 is 2.04 bits per heavy atom. The highest BCUT2D eigenvalue weighted by atomic mass is 35.5. The maximum atomic E-state index is 12.7. The fraction of sp³-hybridized carbons (Fsp3) is 0.333. The Balaban J connectivity index is 2.08. The molecule has 0 saturated carbocycles. The number of ether oxygens (including phenoxy) is 3. The van der Waals surface area contributed by atoms with Crippen LogP contribution in [0.25, 0.3) is 0 Å². The molecule has 1 heterocycles. The van der Waals surface area contributed by atoms with Gasteiger partial charge in [0.1, 0.15) is 18.0 Å². The number of methoxy groups -OCH3 is 1. The van der Waals surface area contributed by atoms with Gasteiger partial charge in [-0.25, -0.2) is 0 Å². The van der Waals surface area contributed by atoms with Crippen LogP contribution in [0.5, 0.6) is 5.75 Å². The van der Waals surface area contributed by atoms with Crippen molar-refractivity contribution in [3.63, 3.8) is 0 Å². The number of esters is 1. The number of benzene rings is 2. The van der Waals surface area contributed by atoms with Crippen molar-refractivity contribution in [2.24, 2.45) is 0 Å². The van der Waals surface area contributed by atoms with E-state index in [-0.39, 0.29) is 13.0 Å². The van der Waals surface area contributed by atoms with E-state index in [1.54, 1.807) is 32.2 Å². The van der Waals surface area contributed by atoms with Gasteiger partial charge in [-0.2, -0.15) is 0 Å². The average Bonchev–Trinajstić information content (AvgIpc) is 2.79. The van der Waals surface area contributed by atoms with Crippen molar-refractivity contribution in [3.05, 3.63) is 58.1 Å². The number of rotatable bonds is 5. The molecule has 2 atom stereocenters. The minimum Gasteiger partial charge on any atom is -0.496 e. The monoisotopic (exact) mass is 403 g/mol. The van der Waals surface area contributed by atoms with Crippen molar-refractivity contribution < 1.29 is 23.8 Å². The summed E-state index contributed by atoms with van der Waals surface area (Å²) in [7, 11) is 1.60. The number of anilines is 1. The first-order valence-corrected chi connectivity index (χ1v) is 9.37. The molecular weight excluding hydrogens is 382 g/mol. The fourth-order valence-corrected chi connectivity index (χ4v) is 3.45. The number of hydrogen-bond acceptors (Lipinski definition) is 5.